The molecule has 1 aromatic carbocycles. The molecule has 5 aliphatic carbocycles. The van der Waals surface area contributed by atoms with Crippen molar-refractivity contribution in [2.24, 2.45) is 23.2 Å². The normalized spacial score (nSPS) is 39.4. The van der Waals surface area contributed by atoms with E-state index < -0.39 is 17.5 Å². The number of hydrogen-bond acceptors (Lipinski definition) is 2. The van der Waals surface area contributed by atoms with Gasteiger partial charge in [-0.1, -0.05) is 18.6 Å². The molecule has 3 nitrogen and oxygen atoms in total. The van der Waals surface area contributed by atoms with E-state index in [1.165, 1.54) is 12.0 Å². The average molecular weight is 436 g/mol. The maximum Gasteiger partial charge on any atom is 0.391 e. The fourth-order valence-electron chi connectivity index (χ4n) is 7.77. The largest absolute Gasteiger partial charge is 0.497 e. The van der Waals surface area contributed by atoms with E-state index in [0.29, 0.717) is 24.7 Å². The zero-order valence-electron chi connectivity index (χ0n) is 18.1. The van der Waals surface area contributed by atoms with Gasteiger partial charge in [0, 0.05) is 6.04 Å². The topological polar surface area (TPSA) is 38.3 Å². The molecule has 1 N–H and O–H groups in total. The molecule has 1 aromatic rings. The molecule has 0 heterocycles. The summed E-state index contributed by atoms with van der Waals surface area (Å²) in [7, 11) is 1.66. The number of amides is 1. The summed E-state index contributed by atoms with van der Waals surface area (Å²) in [6.45, 7) is 0. The van der Waals surface area contributed by atoms with Crippen LogP contribution in [-0.4, -0.2) is 25.2 Å². The Balaban J connectivity index is 1.36. The summed E-state index contributed by atoms with van der Waals surface area (Å²) < 4.78 is 45.0. The first kappa shape index (κ1) is 21.1. The number of ether oxygens (including phenoxy) is 1. The molecule has 5 aliphatic rings. The minimum Gasteiger partial charge on any atom is -0.497 e. The summed E-state index contributed by atoms with van der Waals surface area (Å²) in [5, 5.41) is 3.11. The molecule has 5 saturated carbocycles. The number of carbonyl (C=O) groups excluding carboxylic acids is 1. The Hall–Kier alpha value is -1.72. The van der Waals surface area contributed by atoms with E-state index in [-0.39, 0.29) is 30.2 Å². The van der Waals surface area contributed by atoms with E-state index in [0.717, 1.165) is 37.9 Å². The van der Waals surface area contributed by atoms with Crippen molar-refractivity contribution in [3.05, 3.63) is 29.8 Å². The van der Waals surface area contributed by atoms with E-state index >= 15 is 0 Å². The smallest absolute Gasteiger partial charge is 0.391 e. The van der Waals surface area contributed by atoms with Crippen molar-refractivity contribution < 1.29 is 22.7 Å². The second kappa shape index (κ2) is 7.41. The zero-order chi connectivity index (χ0) is 21.9. The fourth-order valence-corrected chi connectivity index (χ4v) is 7.77. The Morgan fingerprint density at radius 3 is 2.32 bits per heavy atom. The van der Waals surface area contributed by atoms with Crippen LogP contribution in [0.5, 0.6) is 5.75 Å². The molecular formula is C25H32F3NO2. The summed E-state index contributed by atoms with van der Waals surface area (Å²) in [5.41, 5.74) is 0.874. The Bertz CT molecular complexity index is 820. The van der Waals surface area contributed by atoms with Crippen molar-refractivity contribution >= 4 is 5.91 Å². The third-order valence-electron chi connectivity index (χ3n) is 8.72. The third kappa shape index (κ3) is 3.74. The molecule has 6 rings (SSSR count). The van der Waals surface area contributed by atoms with E-state index in [1.807, 2.05) is 12.1 Å². The first-order valence-corrected chi connectivity index (χ1v) is 11.7. The summed E-state index contributed by atoms with van der Waals surface area (Å²) >= 11 is 0. The van der Waals surface area contributed by atoms with Gasteiger partial charge in [0.2, 0.25) is 5.91 Å². The van der Waals surface area contributed by atoms with Gasteiger partial charge in [-0.3, -0.25) is 4.79 Å². The van der Waals surface area contributed by atoms with Crippen molar-refractivity contribution in [2.75, 3.05) is 7.11 Å². The summed E-state index contributed by atoms with van der Waals surface area (Å²) in [6.07, 6.45) is 3.26. The third-order valence-corrected chi connectivity index (χ3v) is 8.72. The van der Waals surface area contributed by atoms with Crippen LogP contribution in [0.25, 0.3) is 0 Å². The number of halogens is 3. The molecule has 0 aromatic heterocycles. The highest BCUT2D eigenvalue weighted by molar-refractivity contribution is 5.84. The lowest BCUT2D eigenvalue weighted by molar-refractivity contribution is -0.184. The molecule has 4 bridgehead atoms. The number of methoxy groups -OCH3 is 1. The standard InChI is InChI=1S/C25H32F3NO2/c1-31-21-7-5-18(6-8-21)23-11-16-9-17(12-23)14-24(13-16,15-23)22(30)29-20-4-2-3-19(10-20)25(26,27)28/h5-8,16-17,19-20H,2-4,9-15H2,1H3,(H,29,30). The quantitative estimate of drug-likeness (QED) is 0.652. The molecule has 0 radical (unpaired) electrons. The predicted molar refractivity (Wildman–Crippen MR) is 112 cm³/mol. The number of hydrogen-bond donors (Lipinski definition) is 1. The van der Waals surface area contributed by atoms with Gasteiger partial charge in [0.1, 0.15) is 5.75 Å². The molecule has 31 heavy (non-hydrogen) atoms. The van der Waals surface area contributed by atoms with Crippen LogP contribution in [0.3, 0.4) is 0 Å². The molecule has 6 heteroatoms. The second-order valence-electron chi connectivity index (χ2n) is 10.8. The Morgan fingerprint density at radius 1 is 1.03 bits per heavy atom. The first-order valence-electron chi connectivity index (χ1n) is 11.7. The Morgan fingerprint density at radius 2 is 1.71 bits per heavy atom. The van der Waals surface area contributed by atoms with Crippen LogP contribution in [0.4, 0.5) is 13.2 Å². The van der Waals surface area contributed by atoms with Gasteiger partial charge >= 0.3 is 6.18 Å². The summed E-state index contributed by atoms with van der Waals surface area (Å²) in [5.74, 6) is 0.630. The van der Waals surface area contributed by atoms with E-state index in [9.17, 15) is 18.0 Å². The highest BCUT2D eigenvalue weighted by Gasteiger charge is 2.61. The highest BCUT2D eigenvalue weighted by atomic mass is 19.4. The van der Waals surface area contributed by atoms with Crippen molar-refractivity contribution in [1.82, 2.24) is 5.32 Å². The Kier molecular flexibility index (Phi) is 5.06. The van der Waals surface area contributed by atoms with Gasteiger partial charge in [0.15, 0.2) is 0 Å². The average Bonchev–Trinajstić information content (AvgIpc) is 2.72. The summed E-state index contributed by atoms with van der Waals surface area (Å²) in [4.78, 5) is 13.6. The van der Waals surface area contributed by atoms with E-state index in [2.05, 4.69) is 17.4 Å². The van der Waals surface area contributed by atoms with Crippen LogP contribution >= 0.6 is 0 Å². The van der Waals surface area contributed by atoms with Crippen molar-refractivity contribution in [3.8, 4) is 5.75 Å². The van der Waals surface area contributed by atoms with E-state index in [4.69, 9.17) is 4.74 Å². The van der Waals surface area contributed by atoms with Gasteiger partial charge in [-0.25, -0.2) is 0 Å². The predicted octanol–water partition coefficient (Wildman–Crippen LogP) is 5.77. The van der Waals surface area contributed by atoms with Gasteiger partial charge < -0.3 is 10.1 Å². The molecule has 4 unspecified atom stereocenters. The molecule has 0 spiro atoms. The van der Waals surface area contributed by atoms with Gasteiger partial charge in [-0.2, -0.15) is 13.2 Å². The number of alkyl halides is 3. The Labute approximate surface area is 182 Å². The second-order valence-corrected chi connectivity index (χ2v) is 10.8. The fraction of sp³-hybridized carbons (Fsp3) is 0.720. The van der Waals surface area contributed by atoms with Crippen LogP contribution in [0.1, 0.15) is 69.8 Å². The first-order chi connectivity index (χ1) is 14.7. The molecule has 5 fully saturated rings. The highest BCUT2D eigenvalue weighted by Crippen LogP contribution is 2.66. The van der Waals surface area contributed by atoms with Gasteiger partial charge in [-0.15, -0.1) is 0 Å². The molecular weight excluding hydrogens is 403 g/mol. The molecule has 4 atom stereocenters. The van der Waals surface area contributed by atoms with Crippen LogP contribution in [0.15, 0.2) is 24.3 Å². The number of benzene rings is 1. The van der Waals surface area contributed by atoms with Crippen molar-refractivity contribution in [1.29, 1.82) is 0 Å². The molecule has 0 aliphatic heterocycles. The SMILES string of the molecule is COc1ccc(C23CC4CC(CC(C(=O)NC5CCCC(C(F)(F)F)C5)(C4)C2)C3)cc1. The lowest BCUT2D eigenvalue weighted by Gasteiger charge is -2.61. The number of rotatable bonds is 4. The lowest BCUT2D eigenvalue weighted by Crippen LogP contribution is -2.60. The molecule has 0 saturated heterocycles. The maximum atomic E-state index is 13.6. The van der Waals surface area contributed by atoms with Crippen LogP contribution in [0, 0.1) is 23.2 Å². The summed E-state index contributed by atoms with van der Waals surface area (Å²) in [6, 6.07) is 7.94. The zero-order valence-corrected chi connectivity index (χ0v) is 18.1. The van der Waals surface area contributed by atoms with Crippen LogP contribution in [0.2, 0.25) is 0 Å². The minimum absolute atomic E-state index is 0.00870. The lowest BCUT2D eigenvalue weighted by atomic mass is 9.42. The minimum atomic E-state index is -4.16. The molecule has 1 amide bonds. The van der Waals surface area contributed by atoms with Crippen LogP contribution in [-0.2, 0) is 10.2 Å². The van der Waals surface area contributed by atoms with E-state index in [1.54, 1.807) is 7.11 Å². The maximum absolute atomic E-state index is 13.6. The number of nitrogens with one attached hydrogen (secondary N) is 1. The van der Waals surface area contributed by atoms with Crippen molar-refractivity contribution in [2.45, 2.75) is 81.8 Å². The van der Waals surface area contributed by atoms with Gasteiger partial charge in [-0.05, 0) is 92.7 Å². The van der Waals surface area contributed by atoms with Gasteiger partial charge in [0.05, 0.1) is 18.4 Å². The molecule has 170 valence electrons. The van der Waals surface area contributed by atoms with Crippen molar-refractivity contribution in [3.63, 3.8) is 0 Å². The monoisotopic (exact) mass is 435 g/mol. The van der Waals surface area contributed by atoms with Gasteiger partial charge in [0.25, 0.3) is 0 Å². The van der Waals surface area contributed by atoms with Crippen LogP contribution < -0.4 is 10.1 Å². The number of carbonyl (C=O) groups is 1.